The second-order valence-corrected chi connectivity index (χ2v) is 5.95. The lowest BCUT2D eigenvalue weighted by atomic mass is 9.90. The number of rotatable bonds is 5. The third kappa shape index (κ3) is 3.24. The lowest BCUT2D eigenvalue weighted by molar-refractivity contribution is 0.220. The molecule has 0 unspecified atom stereocenters. The molecule has 0 fully saturated rings. The van der Waals surface area contributed by atoms with Gasteiger partial charge in [-0.3, -0.25) is 0 Å². The van der Waals surface area contributed by atoms with Gasteiger partial charge in [-0.15, -0.1) is 0 Å². The number of aliphatic hydroxyl groups is 1. The van der Waals surface area contributed by atoms with Crippen molar-refractivity contribution >= 4 is 5.82 Å². The zero-order valence-corrected chi connectivity index (χ0v) is 11.7. The highest BCUT2D eigenvalue weighted by Crippen LogP contribution is 2.26. The maximum atomic E-state index is 9.21. The molecule has 0 bridgehead atoms. The third-order valence-electron chi connectivity index (χ3n) is 3.69. The van der Waals surface area contributed by atoms with Crippen molar-refractivity contribution in [1.82, 2.24) is 4.98 Å². The molecule has 4 nitrogen and oxygen atoms in total. The van der Waals surface area contributed by atoms with Crippen molar-refractivity contribution < 1.29 is 5.11 Å². The summed E-state index contributed by atoms with van der Waals surface area (Å²) >= 11 is 0. The summed E-state index contributed by atoms with van der Waals surface area (Å²) in [5.41, 5.74) is 2.96. The second-order valence-electron chi connectivity index (χ2n) is 5.95. The van der Waals surface area contributed by atoms with Crippen molar-refractivity contribution in [2.24, 2.45) is 5.41 Å². The van der Waals surface area contributed by atoms with Gasteiger partial charge >= 0.3 is 0 Å². The fourth-order valence-corrected chi connectivity index (χ4v) is 2.41. The number of hydrogen-bond donors (Lipinski definition) is 2. The number of aryl methyl sites for hydroxylation is 2. The highest BCUT2D eigenvalue weighted by molar-refractivity contribution is 5.55. The maximum Gasteiger partial charge on any atom is 0.144 e. The molecule has 2 rings (SSSR count). The van der Waals surface area contributed by atoms with E-state index in [4.69, 9.17) is 5.11 Å². The van der Waals surface area contributed by atoms with Crippen LogP contribution < -0.4 is 5.32 Å². The van der Waals surface area contributed by atoms with E-state index < -0.39 is 0 Å². The Kier molecular flexibility index (Phi) is 4.06. The van der Waals surface area contributed by atoms with Gasteiger partial charge in [0.2, 0.25) is 0 Å². The lowest BCUT2D eigenvalue weighted by Crippen LogP contribution is -2.25. The van der Waals surface area contributed by atoms with E-state index in [1.807, 2.05) is 6.07 Å². The van der Waals surface area contributed by atoms with E-state index in [0.29, 0.717) is 17.9 Å². The number of pyridine rings is 1. The standard InChI is InChI=1S/C15H21N3O/c1-15(2,6-7-19)10-17-14-12(9-16)8-11-4-3-5-13(11)18-14/h8,19H,3-7,10H2,1-2H3,(H,17,18). The van der Waals surface area contributed by atoms with E-state index in [1.165, 1.54) is 5.56 Å². The Morgan fingerprint density at radius 3 is 2.95 bits per heavy atom. The Morgan fingerprint density at radius 2 is 2.26 bits per heavy atom. The summed E-state index contributed by atoms with van der Waals surface area (Å²) in [5.74, 6) is 0.689. The molecular weight excluding hydrogens is 238 g/mol. The van der Waals surface area contributed by atoms with Crippen LogP contribution in [0.15, 0.2) is 6.07 Å². The molecule has 19 heavy (non-hydrogen) atoms. The first-order valence-electron chi connectivity index (χ1n) is 6.83. The van der Waals surface area contributed by atoms with E-state index in [2.05, 4.69) is 30.2 Å². The minimum atomic E-state index is -0.0117. The minimum Gasteiger partial charge on any atom is -0.396 e. The van der Waals surface area contributed by atoms with Crippen molar-refractivity contribution in [1.29, 1.82) is 5.26 Å². The van der Waals surface area contributed by atoms with Crippen molar-refractivity contribution in [3.63, 3.8) is 0 Å². The van der Waals surface area contributed by atoms with E-state index in [1.54, 1.807) is 0 Å². The van der Waals surface area contributed by atoms with Crippen LogP contribution in [0.4, 0.5) is 5.82 Å². The topological polar surface area (TPSA) is 68.9 Å². The third-order valence-corrected chi connectivity index (χ3v) is 3.69. The molecule has 0 aromatic carbocycles. The van der Waals surface area contributed by atoms with Gasteiger partial charge in [-0.2, -0.15) is 5.26 Å². The normalized spacial score (nSPS) is 14.0. The molecule has 0 radical (unpaired) electrons. The molecule has 1 aromatic heterocycles. The molecule has 0 atom stereocenters. The van der Waals surface area contributed by atoms with Gasteiger partial charge in [0.15, 0.2) is 0 Å². The largest absolute Gasteiger partial charge is 0.396 e. The van der Waals surface area contributed by atoms with E-state index in [0.717, 1.165) is 31.4 Å². The van der Waals surface area contributed by atoms with Gasteiger partial charge in [0.25, 0.3) is 0 Å². The van der Waals surface area contributed by atoms with Crippen molar-refractivity contribution in [2.75, 3.05) is 18.5 Å². The zero-order chi connectivity index (χ0) is 13.9. The number of nitrogens with zero attached hydrogens (tertiary/aromatic N) is 2. The van der Waals surface area contributed by atoms with Crippen LogP contribution >= 0.6 is 0 Å². The van der Waals surface area contributed by atoms with Gasteiger partial charge in [-0.1, -0.05) is 13.8 Å². The Morgan fingerprint density at radius 1 is 1.47 bits per heavy atom. The Balaban J connectivity index is 2.14. The van der Waals surface area contributed by atoms with Crippen molar-refractivity contribution in [3.05, 3.63) is 22.9 Å². The molecule has 0 saturated heterocycles. The number of anilines is 1. The molecular formula is C15H21N3O. The molecule has 4 heteroatoms. The number of hydrogen-bond acceptors (Lipinski definition) is 4. The van der Waals surface area contributed by atoms with Gasteiger partial charge in [0, 0.05) is 18.8 Å². The summed E-state index contributed by atoms with van der Waals surface area (Å²) in [5, 5.41) is 21.5. The zero-order valence-electron chi connectivity index (χ0n) is 11.7. The molecule has 0 spiro atoms. The van der Waals surface area contributed by atoms with Crippen molar-refractivity contribution in [2.45, 2.75) is 39.5 Å². The van der Waals surface area contributed by atoms with Gasteiger partial charge in [-0.25, -0.2) is 4.98 Å². The highest BCUT2D eigenvalue weighted by atomic mass is 16.3. The van der Waals surface area contributed by atoms with Crippen LogP contribution in [0.25, 0.3) is 0 Å². The molecule has 0 amide bonds. The Hall–Kier alpha value is -1.60. The average Bonchev–Trinajstić information content (AvgIpc) is 2.82. The van der Waals surface area contributed by atoms with E-state index in [9.17, 15) is 5.26 Å². The van der Waals surface area contributed by atoms with Gasteiger partial charge in [-0.05, 0) is 42.7 Å². The van der Waals surface area contributed by atoms with Gasteiger partial charge < -0.3 is 10.4 Å². The van der Waals surface area contributed by atoms with Crippen LogP contribution in [0.1, 0.15) is 43.5 Å². The van der Waals surface area contributed by atoms with Crippen LogP contribution in [0, 0.1) is 16.7 Å². The number of aliphatic hydroxyl groups excluding tert-OH is 1. The monoisotopic (exact) mass is 259 g/mol. The van der Waals surface area contributed by atoms with Crippen LogP contribution in [0.5, 0.6) is 0 Å². The summed E-state index contributed by atoms with van der Waals surface area (Å²) in [6.07, 6.45) is 3.91. The fourth-order valence-electron chi connectivity index (χ4n) is 2.41. The van der Waals surface area contributed by atoms with Crippen LogP contribution in [0.3, 0.4) is 0 Å². The summed E-state index contributed by atoms with van der Waals surface area (Å²) in [7, 11) is 0. The van der Waals surface area contributed by atoms with Crippen LogP contribution in [-0.2, 0) is 12.8 Å². The van der Waals surface area contributed by atoms with E-state index >= 15 is 0 Å². The number of fused-ring (bicyclic) bond motifs is 1. The SMILES string of the molecule is CC(C)(CCO)CNc1nc2c(cc1C#N)CCC2. The minimum absolute atomic E-state index is 0.0117. The first kappa shape index (κ1) is 13.8. The molecule has 1 heterocycles. The van der Waals surface area contributed by atoms with Crippen LogP contribution in [0.2, 0.25) is 0 Å². The fraction of sp³-hybridized carbons (Fsp3) is 0.600. The molecule has 0 aliphatic heterocycles. The quantitative estimate of drug-likeness (QED) is 0.851. The first-order chi connectivity index (χ1) is 9.05. The van der Waals surface area contributed by atoms with Gasteiger partial charge in [0.05, 0.1) is 5.56 Å². The Labute approximate surface area is 114 Å². The molecule has 1 aliphatic carbocycles. The summed E-state index contributed by atoms with van der Waals surface area (Å²) in [6.45, 7) is 5.07. The lowest BCUT2D eigenvalue weighted by Gasteiger charge is -2.24. The van der Waals surface area contributed by atoms with Gasteiger partial charge in [0.1, 0.15) is 11.9 Å². The van der Waals surface area contributed by atoms with Crippen LogP contribution in [-0.4, -0.2) is 23.2 Å². The summed E-state index contributed by atoms with van der Waals surface area (Å²) in [6, 6.07) is 4.19. The predicted octanol–water partition coefficient (Wildman–Crippen LogP) is 2.26. The molecule has 1 aromatic rings. The highest BCUT2D eigenvalue weighted by Gasteiger charge is 2.20. The predicted molar refractivity (Wildman–Crippen MR) is 75.0 cm³/mol. The summed E-state index contributed by atoms with van der Waals surface area (Å²) < 4.78 is 0. The average molecular weight is 259 g/mol. The van der Waals surface area contributed by atoms with E-state index in [-0.39, 0.29) is 12.0 Å². The Bertz CT molecular complexity index is 503. The second kappa shape index (κ2) is 5.58. The number of nitriles is 1. The van der Waals surface area contributed by atoms with Crippen molar-refractivity contribution in [3.8, 4) is 6.07 Å². The number of nitrogens with one attached hydrogen (secondary N) is 1. The summed E-state index contributed by atoms with van der Waals surface area (Å²) in [4.78, 5) is 4.59. The molecule has 1 aliphatic rings. The first-order valence-corrected chi connectivity index (χ1v) is 6.83. The molecule has 0 saturated carbocycles. The number of aromatic nitrogens is 1. The molecule has 2 N–H and O–H groups in total. The smallest absolute Gasteiger partial charge is 0.144 e. The maximum absolute atomic E-state index is 9.21. The molecule has 102 valence electrons.